The fourth-order valence-corrected chi connectivity index (χ4v) is 3.62. The van der Waals surface area contributed by atoms with E-state index >= 15 is 0 Å². The van der Waals surface area contributed by atoms with E-state index in [2.05, 4.69) is 0 Å². The Bertz CT molecular complexity index is 725. The van der Waals surface area contributed by atoms with E-state index in [4.69, 9.17) is 0 Å². The second-order valence-electron chi connectivity index (χ2n) is 4.37. The Balaban J connectivity index is 2.84. The van der Waals surface area contributed by atoms with Crippen LogP contribution < -0.4 is 10.4 Å². The average molecular weight is 380 g/mol. The van der Waals surface area contributed by atoms with Gasteiger partial charge in [-0.3, -0.25) is 0 Å². The second-order valence-corrected chi connectivity index (χ2v) is 6.33. The van der Waals surface area contributed by atoms with Gasteiger partial charge in [0.25, 0.3) is 0 Å². The van der Waals surface area contributed by atoms with Gasteiger partial charge in [-0.25, -0.2) is 43.9 Å². The summed E-state index contributed by atoms with van der Waals surface area (Å²) in [6.45, 7) is 0. The lowest BCUT2D eigenvalue weighted by Crippen LogP contribution is -2.51. The number of halogens is 10. The van der Waals surface area contributed by atoms with E-state index in [-0.39, 0.29) is 0 Å². The Hall–Kier alpha value is -2.08. The van der Waals surface area contributed by atoms with Gasteiger partial charge in [-0.1, -0.05) is 0 Å². The van der Waals surface area contributed by atoms with Crippen LogP contribution in [0.2, 0.25) is 0 Å². The van der Waals surface area contributed by atoms with Crippen LogP contribution in [0, 0.1) is 58.2 Å². The minimum absolute atomic E-state index is 2.03. The zero-order valence-corrected chi connectivity index (χ0v) is 12.0. The normalized spacial score (nSPS) is 11.5. The summed E-state index contributed by atoms with van der Waals surface area (Å²) in [5.41, 5.74) is 0. The summed E-state index contributed by atoms with van der Waals surface area (Å²) in [7, 11) is -5.02. The van der Waals surface area contributed by atoms with Gasteiger partial charge in [-0.2, -0.15) is 0 Å². The molecule has 0 saturated heterocycles. The van der Waals surface area contributed by atoms with Gasteiger partial charge < -0.3 is 4.80 Å². The molecule has 2 aromatic rings. The minimum atomic E-state index is -5.02. The van der Waals surface area contributed by atoms with Crippen molar-refractivity contribution < 1.29 is 48.7 Å². The molecule has 24 heavy (non-hydrogen) atoms. The van der Waals surface area contributed by atoms with E-state index in [1.54, 1.807) is 0 Å². The summed E-state index contributed by atoms with van der Waals surface area (Å²) in [6.07, 6.45) is 0. The molecule has 0 aliphatic carbocycles. The molecule has 1 nitrogen and oxygen atoms in total. The molecule has 0 heterocycles. The number of benzene rings is 2. The first-order chi connectivity index (χ1) is 11.0. The van der Waals surface area contributed by atoms with Crippen LogP contribution in [0.3, 0.4) is 0 Å². The van der Waals surface area contributed by atoms with Crippen LogP contribution in [-0.4, -0.2) is 13.8 Å². The Morgan fingerprint density at radius 2 is 0.542 bits per heavy atom. The van der Waals surface area contributed by atoms with E-state index in [1.165, 1.54) is 0 Å². The van der Waals surface area contributed by atoms with Crippen molar-refractivity contribution in [2.45, 2.75) is 0 Å². The molecule has 0 atom stereocenters. The first-order valence-electron chi connectivity index (χ1n) is 5.73. The number of hydrogen-bond donors (Lipinski definition) is 1. The van der Waals surface area contributed by atoms with Crippen LogP contribution in [0.25, 0.3) is 0 Å². The van der Waals surface area contributed by atoms with Crippen molar-refractivity contribution in [3.63, 3.8) is 0 Å². The van der Waals surface area contributed by atoms with Gasteiger partial charge in [-0.15, -0.1) is 0 Å². The van der Waals surface area contributed by atoms with Crippen molar-refractivity contribution in [2.75, 3.05) is 0 Å². The summed E-state index contributed by atoms with van der Waals surface area (Å²) in [4.78, 5) is 9.66. The lowest BCUT2D eigenvalue weighted by atomic mass is 10.3. The smallest absolute Gasteiger partial charge is 0.248 e. The topological polar surface area (TPSA) is 20.2 Å². The molecular formula is C12H2F10OSi. The SMILES string of the molecule is O[SiH](c1c(F)c(F)c(F)c(F)c1F)c1c(F)c(F)c(F)c(F)c1F. The molecule has 12 heteroatoms. The number of hydrogen-bond acceptors (Lipinski definition) is 1. The zero-order chi connectivity index (χ0) is 18.5. The highest BCUT2D eigenvalue weighted by Gasteiger charge is 2.37. The first kappa shape index (κ1) is 18.3. The van der Waals surface area contributed by atoms with Crippen molar-refractivity contribution in [2.24, 2.45) is 0 Å². The molecule has 1 N–H and O–H groups in total. The second kappa shape index (κ2) is 6.09. The standard InChI is InChI=1S/C12H2F10OSi/c13-1-3(15)7(19)11(8(20)4(1)16)24(23)12-9(21)5(17)2(14)6(18)10(12)22/h23-24H. The van der Waals surface area contributed by atoms with E-state index in [9.17, 15) is 48.7 Å². The quantitative estimate of drug-likeness (QED) is 0.365. The molecule has 0 amide bonds. The maximum Gasteiger partial charge on any atom is 0.248 e. The number of rotatable bonds is 2. The van der Waals surface area contributed by atoms with Gasteiger partial charge >= 0.3 is 0 Å². The van der Waals surface area contributed by atoms with Crippen LogP contribution in [0.4, 0.5) is 43.9 Å². The molecule has 0 spiro atoms. The maximum absolute atomic E-state index is 13.5. The fraction of sp³-hybridized carbons (Fsp3) is 0. The molecule has 0 bridgehead atoms. The molecule has 0 saturated carbocycles. The van der Waals surface area contributed by atoms with Crippen molar-refractivity contribution in [1.29, 1.82) is 0 Å². The van der Waals surface area contributed by atoms with Gasteiger partial charge in [0, 0.05) is 10.4 Å². The van der Waals surface area contributed by atoms with Gasteiger partial charge in [-0.05, 0) is 0 Å². The van der Waals surface area contributed by atoms with Gasteiger partial charge in [0.15, 0.2) is 46.5 Å². The first-order valence-corrected chi connectivity index (χ1v) is 7.40. The largest absolute Gasteiger partial charge is 0.426 e. The van der Waals surface area contributed by atoms with Gasteiger partial charge in [0.05, 0.1) is 0 Å². The van der Waals surface area contributed by atoms with E-state index in [0.717, 1.165) is 0 Å². The molecule has 130 valence electrons. The Kier molecular flexibility index (Phi) is 4.63. The monoisotopic (exact) mass is 380 g/mol. The third-order valence-electron chi connectivity index (χ3n) is 3.03. The summed E-state index contributed by atoms with van der Waals surface area (Å²) in [5.74, 6) is -25.9. The van der Waals surface area contributed by atoms with Crippen molar-refractivity contribution in [1.82, 2.24) is 0 Å². The summed E-state index contributed by atoms with van der Waals surface area (Å²) in [6, 6.07) is 0. The van der Waals surface area contributed by atoms with E-state index < -0.39 is 77.6 Å². The van der Waals surface area contributed by atoms with Crippen LogP contribution in [0.15, 0.2) is 0 Å². The zero-order valence-electron chi connectivity index (χ0n) is 10.8. The van der Waals surface area contributed by atoms with Gasteiger partial charge in [0.1, 0.15) is 0 Å². The fourth-order valence-electron chi connectivity index (χ4n) is 1.87. The molecule has 0 aliphatic heterocycles. The Morgan fingerprint density at radius 3 is 0.750 bits per heavy atom. The third-order valence-corrected chi connectivity index (χ3v) is 5.14. The summed E-state index contributed by atoms with van der Waals surface area (Å²) in [5, 5.41) is -4.07. The molecule has 0 radical (unpaired) electrons. The van der Waals surface area contributed by atoms with Crippen molar-refractivity contribution in [3.8, 4) is 0 Å². The molecule has 0 unspecified atom stereocenters. The highest BCUT2D eigenvalue weighted by atomic mass is 28.3. The molecule has 0 fully saturated rings. The van der Waals surface area contributed by atoms with E-state index in [1.807, 2.05) is 0 Å². The summed E-state index contributed by atoms with van der Waals surface area (Å²) < 4.78 is 132. The molecular weight excluding hydrogens is 378 g/mol. The van der Waals surface area contributed by atoms with Crippen molar-refractivity contribution >= 4 is 19.4 Å². The lowest BCUT2D eigenvalue weighted by Gasteiger charge is -2.15. The predicted octanol–water partition coefficient (Wildman–Crippen LogP) is 1.91. The van der Waals surface area contributed by atoms with Crippen LogP contribution >= 0.6 is 0 Å². The van der Waals surface area contributed by atoms with E-state index in [0.29, 0.717) is 0 Å². The Labute approximate surface area is 127 Å². The van der Waals surface area contributed by atoms with Crippen LogP contribution in [-0.2, 0) is 0 Å². The minimum Gasteiger partial charge on any atom is -0.426 e. The van der Waals surface area contributed by atoms with Crippen molar-refractivity contribution in [3.05, 3.63) is 58.2 Å². The van der Waals surface area contributed by atoms with Crippen LogP contribution in [0.5, 0.6) is 0 Å². The average Bonchev–Trinajstić information content (AvgIpc) is 2.55. The third kappa shape index (κ3) is 2.45. The Morgan fingerprint density at radius 1 is 0.375 bits per heavy atom. The molecule has 0 aliphatic rings. The van der Waals surface area contributed by atoms with Crippen LogP contribution in [0.1, 0.15) is 0 Å². The highest BCUT2D eigenvalue weighted by Crippen LogP contribution is 2.19. The summed E-state index contributed by atoms with van der Waals surface area (Å²) >= 11 is 0. The maximum atomic E-state index is 13.5. The lowest BCUT2D eigenvalue weighted by molar-refractivity contribution is 0.379. The van der Waals surface area contributed by atoms with Gasteiger partial charge in [0.2, 0.25) is 20.7 Å². The molecule has 2 rings (SSSR count). The predicted molar refractivity (Wildman–Crippen MR) is 61.1 cm³/mol. The molecule has 0 aromatic heterocycles. The molecule has 2 aromatic carbocycles. The highest BCUT2D eigenvalue weighted by molar-refractivity contribution is 6.79.